The van der Waals surface area contributed by atoms with Crippen LogP contribution in [0.25, 0.3) is 0 Å². The lowest BCUT2D eigenvalue weighted by Crippen LogP contribution is -2.34. The summed E-state index contributed by atoms with van der Waals surface area (Å²) in [6.07, 6.45) is -3.81. The maximum atomic E-state index is 13.2. The largest absolute Gasteiger partial charge is 0.417 e. The first kappa shape index (κ1) is 21.7. The van der Waals surface area contributed by atoms with E-state index >= 15 is 0 Å². The molecule has 0 saturated carbocycles. The first-order valence-corrected chi connectivity index (χ1v) is 11.3. The van der Waals surface area contributed by atoms with E-state index in [0.29, 0.717) is 11.9 Å². The van der Waals surface area contributed by atoms with Gasteiger partial charge in [0.1, 0.15) is 10.7 Å². The number of anilines is 1. The Morgan fingerprint density at radius 1 is 1.17 bits per heavy atom. The molecular weight excluding hydrogens is 451 g/mol. The molecule has 2 aromatic rings. The highest BCUT2D eigenvalue weighted by molar-refractivity contribution is 7.99. The molecule has 1 aromatic heterocycles. The molecule has 0 spiro atoms. The summed E-state index contributed by atoms with van der Waals surface area (Å²) in [5.41, 5.74) is -2.17. The molecule has 1 saturated heterocycles. The Balaban J connectivity index is 1.82. The number of nitrogens with one attached hydrogen (secondary N) is 1. The molecule has 1 amide bonds. The van der Waals surface area contributed by atoms with Crippen LogP contribution in [0.3, 0.4) is 0 Å². The van der Waals surface area contributed by atoms with Crippen molar-refractivity contribution < 1.29 is 26.4 Å². The highest BCUT2D eigenvalue weighted by Crippen LogP contribution is 2.34. The van der Waals surface area contributed by atoms with E-state index in [2.05, 4.69) is 4.98 Å². The van der Waals surface area contributed by atoms with E-state index in [1.807, 2.05) is 16.7 Å². The van der Waals surface area contributed by atoms with E-state index in [-0.39, 0.29) is 9.92 Å². The molecule has 1 fully saturated rings. The Bertz CT molecular complexity index is 1010. The molecule has 12 heteroatoms. The van der Waals surface area contributed by atoms with E-state index in [1.54, 1.807) is 4.72 Å². The Morgan fingerprint density at radius 3 is 2.45 bits per heavy atom. The van der Waals surface area contributed by atoms with Gasteiger partial charge in [0.2, 0.25) is 0 Å². The number of carbonyl (C=O) groups is 1. The number of carbonyl (C=O) groups excluding carboxylic acids is 1. The summed E-state index contributed by atoms with van der Waals surface area (Å²) in [5.74, 6) is 1.04. The predicted octanol–water partition coefficient (Wildman–Crippen LogP) is 3.43. The van der Waals surface area contributed by atoms with E-state index < -0.39 is 33.2 Å². The number of halogens is 4. The van der Waals surface area contributed by atoms with Crippen LogP contribution in [0.1, 0.15) is 15.9 Å². The lowest BCUT2D eigenvalue weighted by atomic mass is 10.1. The number of benzene rings is 1. The van der Waals surface area contributed by atoms with Gasteiger partial charge in [0.25, 0.3) is 15.9 Å². The number of nitrogens with zero attached hydrogens (tertiary/aromatic N) is 2. The molecule has 2 heterocycles. The topological polar surface area (TPSA) is 79.4 Å². The van der Waals surface area contributed by atoms with Gasteiger partial charge in [-0.2, -0.15) is 24.9 Å². The maximum absolute atomic E-state index is 13.2. The number of aromatic nitrogens is 1. The maximum Gasteiger partial charge on any atom is 0.417 e. The SMILES string of the molecule is O=C(NS(=O)(=O)c1ccc(N2CCSCC2)nc1)c1ccc(Cl)cc1C(F)(F)F. The van der Waals surface area contributed by atoms with Crippen LogP contribution in [0.4, 0.5) is 19.0 Å². The smallest absolute Gasteiger partial charge is 0.355 e. The molecule has 1 N–H and O–H groups in total. The van der Waals surface area contributed by atoms with Crippen molar-refractivity contribution in [2.24, 2.45) is 0 Å². The fourth-order valence-corrected chi connectivity index (χ4v) is 4.68. The van der Waals surface area contributed by atoms with Crippen molar-refractivity contribution in [3.8, 4) is 0 Å². The molecular formula is C17H15ClF3N3O3S2. The number of rotatable bonds is 4. The van der Waals surface area contributed by atoms with Crippen LogP contribution in [0, 0.1) is 0 Å². The Hall–Kier alpha value is -1.98. The van der Waals surface area contributed by atoms with Crippen LogP contribution in [-0.4, -0.2) is 43.9 Å². The van der Waals surface area contributed by atoms with Gasteiger partial charge in [-0.1, -0.05) is 11.6 Å². The molecule has 3 rings (SSSR count). The van der Waals surface area contributed by atoms with Crippen molar-refractivity contribution >= 4 is 45.1 Å². The van der Waals surface area contributed by atoms with Gasteiger partial charge in [-0.05, 0) is 30.3 Å². The Labute approximate surface area is 174 Å². The second kappa shape index (κ2) is 8.41. The zero-order valence-electron chi connectivity index (χ0n) is 14.7. The highest BCUT2D eigenvalue weighted by Gasteiger charge is 2.36. The Morgan fingerprint density at radius 2 is 1.86 bits per heavy atom. The van der Waals surface area contributed by atoms with Gasteiger partial charge in [-0.25, -0.2) is 18.1 Å². The third-order valence-corrected chi connectivity index (χ3v) is 6.62. The van der Waals surface area contributed by atoms with Crippen molar-refractivity contribution in [2.45, 2.75) is 11.1 Å². The second-order valence-electron chi connectivity index (χ2n) is 6.07. The zero-order valence-corrected chi connectivity index (χ0v) is 17.1. The van der Waals surface area contributed by atoms with Gasteiger partial charge in [-0.3, -0.25) is 4.79 Å². The first-order chi connectivity index (χ1) is 13.6. The molecule has 6 nitrogen and oxygen atoms in total. The number of hydrogen-bond donors (Lipinski definition) is 1. The minimum atomic E-state index is -4.88. The minimum Gasteiger partial charge on any atom is -0.355 e. The van der Waals surface area contributed by atoms with Crippen LogP contribution in [0.15, 0.2) is 41.4 Å². The van der Waals surface area contributed by atoms with Gasteiger partial charge in [0, 0.05) is 35.8 Å². The van der Waals surface area contributed by atoms with Crippen molar-refractivity contribution in [3.63, 3.8) is 0 Å². The molecule has 0 atom stereocenters. The summed E-state index contributed by atoms with van der Waals surface area (Å²) in [7, 11) is -4.41. The van der Waals surface area contributed by atoms with E-state index in [9.17, 15) is 26.4 Å². The normalized spacial score (nSPS) is 15.2. The van der Waals surface area contributed by atoms with Crippen molar-refractivity contribution in [1.29, 1.82) is 0 Å². The summed E-state index contributed by atoms with van der Waals surface area (Å²) in [5, 5.41) is -0.229. The highest BCUT2D eigenvalue weighted by atomic mass is 35.5. The fraction of sp³-hybridized carbons (Fsp3) is 0.294. The molecule has 156 valence electrons. The number of hydrogen-bond acceptors (Lipinski definition) is 6. The summed E-state index contributed by atoms with van der Waals surface area (Å²) < 4.78 is 66.0. The van der Waals surface area contributed by atoms with Crippen molar-refractivity contribution in [2.75, 3.05) is 29.5 Å². The van der Waals surface area contributed by atoms with Crippen LogP contribution in [0.5, 0.6) is 0 Å². The number of amides is 1. The lowest BCUT2D eigenvalue weighted by Gasteiger charge is -2.27. The van der Waals surface area contributed by atoms with Crippen molar-refractivity contribution in [1.82, 2.24) is 9.71 Å². The van der Waals surface area contributed by atoms with Gasteiger partial charge in [0.05, 0.1) is 11.1 Å². The molecule has 1 aromatic carbocycles. The first-order valence-electron chi connectivity index (χ1n) is 8.30. The quantitative estimate of drug-likeness (QED) is 0.745. The van der Waals surface area contributed by atoms with E-state index in [1.165, 1.54) is 12.1 Å². The molecule has 1 aliphatic heterocycles. The monoisotopic (exact) mass is 465 g/mol. The third kappa shape index (κ3) is 5.14. The van der Waals surface area contributed by atoms with Crippen LogP contribution in [-0.2, 0) is 16.2 Å². The van der Waals surface area contributed by atoms with E-state index in [4.69, 9.17) is 11.6 Å². The third-order valence-electron chi connectivity index (χ3n) is 4.12. The summed E-state index contributed by atoms with van der Waals surface area (Å²) in [6, 6.07) is 5.22. The number of thioether (sulfide) groups is 1. The fourth-order valence-electron chi connectivity index (χ4n) is 2.70. The standard InChI is InChI=1S/C17H15ClF3N3O3S2/c18-11-1-3-13(14(9-11)17(19,20)21)16(25)23-29(26,27)12-2-4-15(22-10-12)24-5-7-28-8-6-24/h1-4,9-10H,5-8H2,(H,23,25). The molecule has 0 unspecified atom stereocenters. The molecule has 1 aliphatic rings. The predicted molar refractivity (Wildman–Crippen MR) is 105 cm³/mol. The van der Waals surface area contributed by atoms with Gasteiger partial charge >= 0.3 is 6.18 Å². The lowest BCUT2D eigenvalue weighted by molar-refractivity contribution is -0.137. The van der Waals surface area contributed by atoms with Crippen LogP contribution in [0.2, 0.25) is 5.02 Å². The summed E-state index contributed by atoms with van der Waals surface area (Å²) in [4.78, 5) is 18.0. The average Bonchev–Trinajstić information content (AvgIpc) is 2.67. The van der Waals surface area contributed by atoms with Crippen LogP contribution >= 0.6 is 23.4 Å². The Kier molecular flexibility index (Phi) is 6.30. The molecule has 29 heavy (non-hydrogen) atoms. The van der Waals surface area contributed by atoms with Crippen LogP contribution < -0.4 is 9.62 Å². The van der Waals surface area contributed by atoms with E-state index in [0.717, 1.165) is 42.9 Å². The number of alkyl halides is 3. The summed E-state index contributed by atoms with van der Waals surface area (Å²) in [6.45, 7) is 1.55. The molecule has 0 bridgehead atoms. The van der Waals surface area contributed by atoms with Crippen molar-refractivity contribution in [3.05, 3.63) is 52.7 Å². The molecule has 0 radical (unpaired) electrons. The average molecular weight is 466 g/mol. The number of pyridine rings is 1. The van der Waals surface area contributed by atoms with Gasteiger partial charge in [-0.15, -0.1) is 0 Å². The second-order valence-corrected chi connectivity index (χ2v) is 9.42. The minimum absolute atomic E-state index is 0.229. The number of sulfonamides is 1. The molecule has 0 aliphatic carbocycles. The van der Waals surface area contributed by atoms with Gasteiger partial charge in [0.15, 0.2) is 0 Å². The van der Waals surface area contributed by atoms with Gasteiger partial charge < -0.3 is 4.90 Å². The zero-order chi connectivity index (χ0) is 21.2. The summed E-state index contributed by atoms with van der Waals surface area (Å²) >= 11 is 7.38.